The van der Waals surface area contributed by atoms with Crippen LogP contribution in [0, 0.1) is 6.92 Å². The molecule has 8 nitrogen and oxygen atoms in total. The minimum absolute atomic E-state index is 0.0554. The maximum atomic E-state index is 12.6. The van der Waals surface area contributed by atoms with Crippen molar-refractivity contribution in [3.05, 3.63) is 45.7 Å². The lowest BCUT2D eigenvalue weighted by Crippen LogP contribution is -2.25. The summed E-state index contributed by atoms with van der Waals surface area (Å²) in [5, 5.41) is 12.0. The van der Waals surface area contributed by atoms with Crippen LogP contribution in [0.25, 0.3) is 17.0 Å². The molecule has 0 aliphatic carbocycles. The third-order valence-electron chi connectivity index (χ3n) is 4.08. The van der Waals surface area contributed by atoms with Gasteiger partial charge < -0.3 is 9.84 Å². The van der Waals surface area contributed by atoms with Crippen LogP contribution in [-0.2, 0) is 16.0 Å². The minimum atomic E-state index is -1.25. The Hall–Kier alpha value is -2.84. The Balaban J connectivity index is 2.24. The second-order valence-electron chi connectivity index (χ2n) is 7.64. The van der Waals surface area contributed by atoms with E-state index in [2.05, 4.69) is 15.3 Å². The number of hydrogen-bond acceptors (Lipinski definition) is 5. The van der Waals surface area contributed by atoms with Crippen molar-refractivity contribution in [2.24, 2.45) is 0 Å². The van der Waals surface area contributed by atoms with Crippen molar-refractivity contribution in [3.63, 3.8) is 0 Å². The molecule has 0 saturated heterocycles. The molecule has 0 aliphatic heterocycles. The van der Waals surface area contributed by atoms with Crippen LogP contribution in [0.5, 0.6) is 0 Å². The highest BCUT2D eigenvalue weighted by atomic mass is 35.5. The molecule has 0 bridgehead atoms. The van der Waals surface area contributed by atoms with Crippen molar-refractivity contribution < 1.29 is 19.4 Å². The molecule has 158 valence electrons. The van der Waals surface area contributed by atoms with E-state index in [1.807, 2.05) is 0 Å². The normalized spacial score (nSPS) is 11.5. The topological polar surface area (TPSA) is 106 Å². The van der Waals surface area contributed by atoms with Gasteiger partial charge in [0, 0.05) is 21.8 Å². The highest BCUT2D eigenvalue weighted by Gasteiger charge is 2.24. The summed E-state index contributed by atoms with van der Waals surface area (Å²) in [6.45, 7) is 7.10. The summed E-state index contributed by atoms with van der Waals surface area (Å²) < 4.78 is 7.06. The van der Waals surface area contributed by atoms with E-state index in [1.165, 1.54) is 6.20 Å². The van der Waals surface area contributed by atoms with Gasteiger partial charge in [-0.25, -0.2) is 9.78 Å². The first-order chi connectivity index (χ1) is 13.9. The zero-order valence-corrected chi connectivity index (χ0v) is 18.3. The predicted octanol–water partition coefficient (Wildman–Crippen LogP) is 4.99. The molecule has 3 aromatic rings. The van der Waals surface area contributed by atoms with Crippen LogP contribution in [0.2, 0.25) is 10.0 Å². The molecule has 2 aromatic heterocycles. The van der Waals surface area contributed by atoms with Crippen LogP contribution in [-0.4, -0.2) is 37.1 Å². The standard InChI is InChI=1S/C20H20Cl2N4O4/c1-10-13(8-16(27)30-20(2,3)4)17(12-6-5-11(21)7-14(12)22)26-9-15(25-19(28)29)24-18(26)23-10/h5-7,9,25H,8H2,1-4H3,(H,28,29). The number of amides is 1. The molecule has 0 spiro atoms. The van der Waals surface area contributed by atoms with Gasteiger partial charge in [-0.2, -0.15) is 4.98 Å². The summed E-state index contributed by atoms with van der Waals surface area (Å²) in [6.07, 6.45) is 0.171. The van der Waals surface area contributed by atoms with E-state index < -0.39 is 17.7 Å². The number of fused-ring (bicyclic) bond motifs is 1. The smallest absolute Gasteiger partial charge is 0.410 e. The zero-order valence-electron chi connectivity index (χ0n) is 16.8. The van der Waals surface area contributed by atoms with E-state index >= 15 is 0 Å². The van der Waals surface area contributed by atoms with Gasteiger partial charge in [0.1, 0.15) is 5.60 Å². The molecule has 2 N–H and O–H groups in total. The number of nitrogens with zero attached hydrogens (tertiary/aromatic N) is 3. The molecule has 30 heavy (non-hydrogen) atoms. The van der Waals surface area contributed by atoms with Crippen molar-refractivity contribution in [3.8, 4) is 11.3 Å². The molecule has 1 amide bonds. The van der Waals surface area contributed by atoms with Crippen LogP contribution in [0.4, 0.5) is 10.6 Å². The lowest BCUT2D eigenvalue weighted by atomic mass is 10.0. The Bertz CT molecular complexity index is 1150. The number of ether oxygens (including phenoxy) is 1. The van der Waals surface area contributed by atoms with Crippen LogP contribution in [0.15, 0.2) is 24.4 Å². The van der Waals surface area contributed by atoms with E-state index in [-0.39, 0.29) is 18.0 Å². The van der Waals surface area contributed by atoms with Crippen molar-refractivity contribution >= 4 is 46.9 Å². The van der Waals surface area contributed by atoms with Crippen LogP contribution >= 0.6 is 23.2 Å². The number of hydrogen-bond donors (Lipinski definition) is 2. The van der Waals surface area contributed by atoms with Crippen LogP contribution in [0.1, 0.15) is 32.0 Å². The van der Waals surface area contributed by atoms with Gasteiger partial charge in [0.15, 0.2) is 5.82 Å². The second-order valence-corrected chi connectivity index (χ2v) is 8.48. The number of nitrogens with one attached hydrogen (secondary N) is 1. The predicted molar refractivity (Wildman–Crippen MR) is 114 cm³/mol. The Morgan fingerprint density at radius 1 is 1.23 bits per heavy atom. The van der Waals surface area contributed by atoms with E-state index in [0.29, 0.717) is 32.6 Å². The monoisotopic (exact) mass is 450 g/mol. The number of anilines is 1. The number of carboxylic acid groups (broad SMARTS) is 1. The second kappa shape index (κ2) is 8.12. The van der Waals surface area contributed by atoms with E-state index in [1.54, 1.807) is 50.3 Å². The van der Waals surface area contributed by atoms with Gasteiger partial charge in [0.25, 0.3) is 0 Å². The van der Waals surface area contributed by atoms with Crippen molar-refractivity contribution in [2.75, 3.05) is 5.32 Å². The van der Waals surface area contributed by atoms with Crippen molar-refractivity contribution in [2.45, 2.75) is 39.7 Å². The molecule has 2 heterocycles. The SMILES string of the molecule is Cc1nc2nc(NC(=O)O)cn2c(-c2ccc(Cl)cc2Cl)c1CC(=O)OC(C)(C)C. The Kier molecular flexibility index (Phi) is 5.92. The van der Waals surface area contributed by atoms with Gasteiger partial charge in [-0.1, -0.05) is 23.2 Å². The quantitative estimate of drug-likeness (QED) is 0.542. The summed E-state index contributed by atoms with van der Waals surface area (Å²) in [4.78, 5) is 32.2. The molecule has 3 rings (SSSR count). The average molecular weight is 451 g/mol. The molecule has 10 heteroatoms. The number of aryl methyl sites for hydroxylation is 1. The number of esters is 1. The molecular weight excluding hydrogens is 431 g/mol. The number of carbonyl (C=O) groups excluding carboxylic acids is 1. The number of carbonyl (C=O) groups is 2. The van der Waals surface area contributed by atoms with Gasteiger partial charge in [0.2, 0.25) is 5.78 Å². The average Bonchev–Trinajstić information content (AvgIpc) is 2.95. The van der Waals surface area contributed by atoms with Gasteiger partial charge in [-0.3, -0.25) is 14.5 Å². The van der Waals surface area contributed by atoms with Crippen LogP contribution < -0.4 is 5.32 Å². The third-order valence-corrected chi connectivity index (χ3v) is 4.63. The first kappa shape index (κ1) is 21.9. The van der Waals surface area contributed by atoms with E-state index in [4.69, 9.17) is 33.0 Å². The lowest BCUT2D eigenvalue weighted by Gasteiger charge is -2.21. The summed E-state index contributed by atoms with van der Waals surface area (Å²) in [6, 6.07) is 4.99. The summed E-state index contributed by atoms with van der Waals surface area (Å²) in [7, 11) is 0. The summed E-state index contributed by atoms with van der Waals surface area (Å²) in [5.41, 5.74) is 1.63. The molecule has 0 atom stereocenters. The Morgan fingerprint density at radius 2 is 1.93 bits per heavy atom. The Labute approximate surface area is 182 Å². The minimum Gasteiger partial charge on any atom is -0.465 e. The van der Waals surface area contributed by atoms with Crippen LogP contribution in [0.3, 0.4) is 0 Å². The molecule has 0 fully saturated rings. The largest absolute Gasteiger partial charge is 0.465 e. The van der Waals surface area contributed by atoms with E-state index in [9.17, 15) is 9.59 Å². The summed E-state index contributed by atoms with van der Waals surface area (Å²) >= 11 is 12.5. The molecule has 0 saturated carbocycles. The maximum Gasteiger partial charge on any atom is 0.410 e. The first-order valence-electron chi connectivity index (χ1n) is 9.00. The first-order valence-corrected chi connectivity index (χ1v) is 9.76. The number of benzene rings is 1. The number of imidazole rings is 1. The molecular formula is C20H20Cl2N4O4. The van der Waals surface area contributed by atoms with Crippen molar-refractivity contribution in [1.82, 2.24) is 14.4 Å². The lowest BCUT2D eigenvalue weighted by molar-refractivity contribution is -0.153. The fourth-order valence-electron chi connectivity index (χ4n) is 3.03. The van der Waals surface area contributed by atoms with Gasteiger partial charge in [-0.05, 0) is 45.9 Å². The fraction of sp³-hybridized carbons (Fsp3) is 0.300. The number of halogens is 2. The maximum absolute atomic E-state index is 12.6. The highest BCUT2D eigenvalue weighted by molar-refractivity contribution is 6.36. The summed E-state index contributed by atoms with van der Waals surface area (Å²) in [5.74, 6) is -0.0811. The fourth-order valence-corrected chi connectivity index (χ4v) is 3.52. The molecule has 0 radical (unpaired) electrons. The zero-order chi connectivity index (χ0) is 22.2. The molecule has 0 unspecified atom stereocenters. The molecule has 1 aromatic carbocycles. The van der Waals surface area contributed by atoms with E-state index in [0.717, 1.165) is 0 Å². The molecule has 0 aliphatic rings. The van der Waals surface area contributed by atoms with Gasteiger partial charge >= 0.3 is 12.1 Å². The third kappa shape index (κ3) is 4.83. The number of rotatable bonds is 4. The van der Waals surface area contributed by atoms with Gasteiger partial charge in [0.05, 0.1) is 23.3 Å². The van der Waals surface area contributed by atoms with Crippen molar-refractivity contribution in [1.29, 1.82) is 0 Å². The Morgan fingerprint density at radius 3 is 2.53 bits per heavy atom. The van der Waals surface area contributed by atoms with Gasteiger partial charge in [-0.15, -0.1) is 0 Å². The number of aromatic nitrogens is 3. The highest BCUT2D eigenvalue weighted by Crippen LogP contribution is 2.35.